The van der Waals surface area contributed by atoms with E-state index in [0.29, 0.717) is 5.82 Å². The van der Waals surface area contributed by atoms with E-state index in [2.05, 4.69) is 199 Å². The lowest BCUT2D eigenvalue weighted by Crippen LogP contribution is -2.24. The van der Waals surface area contributed by atoms with Crippen LogP contribution in [0.15, 0.2) is 231 Å². The van der Waals surface area contributed by atoms with E-state index in [9.17, 15) is 0 Å². The second kappa shape index (κ2) is 16.0. The molecule has 8 aromatic carbocycles. The third kappa shape index (κ3) is 7.14. The number of allylic oxidation sites excluding steroid dienone is 1. The molecule has 0 fully saturated rings. The second-order valence-corrected chi connectivity index (χ2v) is 18.8. The van der Waals surface area contributed by atoms with Crippen LogP contribution >= 0.6 is 34.9 Å². The molecule has 1 atom stereocenters. The molecule has 7 heteroatoms. The standard InChI is InChI=1S/C56H36N4S3/c1-4-15-35(16-5-1)45-33-46(58-55(57-45)36-17-6-2-7-18-36)39-27-29-40(38-28-30-52-53(32-38)62-51-26-13-12-25-50(51)61-52)44(31-39)48-34-47(59-56(60-48)37-19-8-3-9-20-37)43-23-14-22-42-41-21-10-11-24-49(41)63-54(42)43/h1-34,55,57H. The number of hydrogen-bond acceptors (Lipinski definition) is 7. The summed E-state index contributed by atoms with van der Waals surface area (Å²) in [6.07, 6.45) is 1.92. The molecule has 0 saturated carbocycles. The van der Waals surface area contributed by atoms with Gasteiger partial charge in [-0.1, -0.05) is 181 Å². The minimum absolute atomic E-state index is 0.264. The fourth-order valence-corrected chi connectivity index (χ4v) is 12.0. The Morgan fingerprint density at radius 1 is 0.429 bits per heavy atom. The molecule has 1 unspecified atom stereocenters. The molecule has 10 aromatic rings. The van der Waals surface area contributed by atoms with E-state index in [1.54, 1.807) is 0 Å². The Bertz CT molecular complexity index is 3430. The van der Waals surface area contributed by atoms with Gasteiger partial charge in [0.1, 0.15) is 6.17 Å². The third-order valence-electron chi connectivity index (χ3n) is 11.6. The second-order valence-electron chi connectivity index (χ2n) is 15.6. The fraction of sp³-hybridized carbons (Fsp3) is 0.0179. The average Bonchev–Trinajstić information content (AvgIpc) is 3.75. The van der Waals surface area contributed by atoms with Gasteiger partial charge in [-0.05, 0) is 70.8 Å². The maximum Gasteiger partial charge on any atom is 0.160 e. The highest BCUT2D eigenvalue weighted by molar-refractivity contribution is 8.05. The van der Waals surface area contributed by atoms with Crippen molar-refractivity contribution < 1.29 is 0 Å². The van der Waals surface area contributed by atoms with Crippen LogP contribution in [0.3, 0.4) is 0 Å². The maximum absolute atomic E-state index is 5.45. The van der Waals surface area contributed by atoms with Gasteiger partial charge >= 0.3 is 0 Å². The van der Waals surface area contributed by atoms with E-state index in [1.165, 1.54) is 39.8 Å². The largest absolute Gasteiger partial charge is 0.360 e. The summed E-state index contributed by atoms with van der Waals surface area (Å²) in [7, 11) is 0. The van der Waals surface area contributed by atoms with Gasteiger partial charge in [-0.25, -0.2) is 9.97 Å². The number of thiophene rings is 1. The quantitative estimate of drug-likeness (QED) is 0.173. The molecule has 2 aliphatic heterocycles. The summed E-state index contributed by atoms with van der Waals surface area (Å²) in [5.74, 6) is 0.682. The minimum Gasteiger partial charge on any atom is -0.360 e. The first-order valence-electron chi connectivity index (χ1n) is 20.9. The summed E-state index contributed by atoms with van der Waals surface area (Å²) >= 11 is 5.50. The molecule has 12 rings (SSSR count). The van der Waals surface area contributed by atoms with Crippen molar-refractivity contribution in [1.29, 1.82) is 0 Å². The summed E-state index contributed by atoms with van der Waals surface area (Å²) in [6.45, 7) is 0. The van der Waals surface area contributed by atoms with Gasteiger partial charge in [0.25, 0.3) is 0 Å². The molecule has 0 spiro atoms. The van der Waals surface area contributed by atoms with Gasteiger partial charge in [0.05, 0.1) is 17.1 Å². The minimum atomic E-state index is -0.264. The van der Waals surface area contributed by atoms with Crippen molar-refractivity contribution in [3.63, 3.8) is 0 Å². The molecular formula is C56H36N4S3. The molecule has 0 aliphatic carbocycles. The molecule has 0 amide bonds. The molecule has 1 N–H and O–H groups in total. The van der Waals surface area contributed by atoms with Crippen LogP contribution in [0.5, 0.6) is 0 Å². The van der Waals surface area contributed by atoms with Crippen molar-refractivity contribution in [2.75, 3.05) is 0 Å². The Labute approximate surface area is 378 Å². The first kappa shape index (κ1) is 37.7. The zero-order valence-corrected chi connectivity index (χ0v) is 36.2. The van der Waals surface area contributed by atoms with Crippen LogP contribution in [0.25, 0.3) is 70.9 Å². The summed E-state index contributed by atoms with van der Waals surface area (Å²) in [5.41, 5.74) is 12.2. The molecule has 0 bridgehead atoms. The SMILES string of the molecule is C1=C(c2ccccc2)NC(c2ccccc2)N=C1c1ccc(-c2ccc3c(c2)Sc2ccccc2S3)c(-c2cc(-c3cccc4c3sc3ccccc34)nc(-c3ccccc3)n2)c1. The van der Waals surface area contributed by atoms with Crippen molar-refractivity contribution in [2.45, 2.75) is 25.7 Å². The van der Waals surface area contributed by atoms with Gasteiger partial charge in [-0.3, -0.25) is 4.99 Å². The molecule has 4 nitrogen and oxygen atoms in total. The van der Waals surface area contributed by atoms with Crippen LogP contribution in [0.1, 0.15) is 22.9 Å². The molecule has 0 saturated heterocycles. The van der Waals surface area contributed by atoms with Gasteiger partial charge in [-0.15, -0.1) is 11.3 Å². The zero-order chi connectivity index (χ0) is 41.7. The van der Waals surface area contributed by atoms with Crippen molar-refractivity contribution >= 4 is 66.4 Å². The summed E-state index contributed by atoms with van der Waals surface area (Å²) in [5, 5.41) is 6.23. The predicted molar refractivity (Wildman–Crippen MR) is 265 cm³/mol. The topological polar surface area (TPSA) is 50.2 Å². The van der Waals surface area contributed by atoms with Crippen LogP contribution in [-0.4, -0.2) is 15.7 Å². The Morgan fingerprint density at radius 2 is 1.06 bits per heavy atom. The highest BCUT2D eigenvalue weighted by Gasteiger charge is 2.24. The molecule has 4 heterocycles. The Hall–Kier alpha value is -7.03. The first-order valence-corrected chi connectivity index (χ1v) is 23.4. The van der Waals surface area contributed by atoms with E-state index in [1.807, 2.05) is 47.0 Å². The van der Waals surface area contributed by atoms with Gasteiger partial charge in [0, 0.05) is 67.7 Å². The number of nitrogens with zero attached hydrogens (tertiary/aromatic N) is 3. The number of aliphatic imine (C=N–C) groups is 1. The third-order valence-corrected chi connectivity index (χ3v) is 15.4. The first-order chi connectivity index (χ1) is 31.2. The van der Waals surface area contributed by atoms with Gasteiger partial charge in [-0.2, -0.15) is 0 Å². The Kier molecular flexibility index (Phi) is 9.59. The molecule has 0 radical (unpaired) electrons. The molecule has 63 heavy (non-hydrogen) atoms. The van der Waals surface area contributed by atoms with E-state index < -0.39 is 0 Å². The summed E-state index contributed by atoms with van der Waals surface area (Å²) < 4.78 is 2.48. The van der Waals surface area contributed by atoms with Crippen LogP contribution < -0.4 is 5.32 Å². The monoisotopic (exact) mass is 860 g/mol. The Morgan fingerprint density at radius 3 is 1.86 bits per heavy atom. The number of nitrogens with one attached hydrogen (secondary N) is 1. The van der Waals surface area contributed by atoms with E-state index >= 15 is 0 Å². The van der Waals surface area contributed by atoms with E-state index in [0.717, 1.165) is 67.3 Å². The van der Waals surface area contributed by atoms with Gasteiger partial charge < -0.3 is 5.32 Å². The normalized spacial score (nSPS) is 14.4. The van der Waals surface area contributed by atoms with Crippen molar-refractivity contribution in [3.05, 3.63) is 223 Å². The highest BCUT2D eigenvalue weighted by Crippen LogP contribution is 2.50. The number of benzene rings is 8. The number of hydrogen-bond donors (Lipinski definition) is 1. The van der Waals surface area contributed by atoms with Crippen molar-refractivity contribution in [2.24, 2.45) is 4.99 Å². The number of aromatic nitrogens is 2. The summed E-state index contributed by atoms with van der Waals surface area (Å²) in [6, 6.07) is 71.1. The van der Waals surface area contributed by atoms with Gasteiger partial charge in [0.15, 0.2) is 5.82 Å². The molecule has 2 aliphatic rings. The lowest BCUT2D eigenvalue weighted by molar-refractivity contribution is 0.664. The van der Waals surface area contributed by atoms with Crippen molar-refractivity contribution in [1.82, 2.24) is 15.3 Å². The number of rotatable bonds is 7. The lowest BCUT2D eigenvalue weighted by Gasteiger charge is -2.25. The smallest absolute Gasteiger partial charge is 0.160 e. The molecule has 298 valence electrons. The maximum atomic E-state index is 5.45. The predicted octanol–water partition coefficient (Wildman–Crippen LogP) is 15.3. The van der Waals surface area contributed by atoms with Crippen molar-refractivity contribution in [3.8, 4) is 45.0 Å². The van der Waals surface area contributed by atoms with Crippen LogP contribution in [0.2, 0.25) is 0 Å². The van der Waals surface area contributed by atoms with E-state index in [4.69, 9.17) is 15.0 Å². The average molecular weight is 861 g/mol. The molecular weight excluding hydrogens is 825 g/mol. The van der Waals surface area contributed by atoms with Gasteiger partial charge in [0.2, 0.25) is 0 Å². The van der Waals surface area contributed by atoms with Crippen LogP contribution in [0, 0.1) is 0 Å². The summed E-state index contributed by atoms with van der Waals surface area (Å²) in [4.78, 5) is 21.3. The molecule has 2 aromatic heterocycles. The van der Waals surface area contributed by atoms with Crippen LogP contribution in [-0.2, 0) is 0 Å². The Balaban J connectivity index is 1.08. The lowest BCUT2D eigenvalue weighted by atomic mass is 9.92. The zero-order valence-electron chi connectivity index (χ0n) is 33.8. The van der Waals surface area contributed by atoms with Crippen LogP contribution in [0.4, 0.5) is 0 Å². The number of fused-ring (bicyclic) bond motifs is 5. The van der Waals surface area contributed by atoms with E-state index in [-0.39, 0.29) is 6.17 Å². The highest BCUT2D eigenvalue weighted by atomic mass is 32.2. The fourth-order valence-electron chi connectivity index (χ4n) is 8.52.